The number of amides is 1. The zero-order valence-corrected chi connectivity index (χ0v) is 13.2. The second kappa shape index (κ2) is 4.85. The number of hydrogen-bond acceptors (Lipinski definition) is 4. The molecule has 0 aromatic carbocycles. The molecule has 1 aromatic rings. The molecule has 2 aliphatic heterocycles. The third kappa shape index (κ3) is 2.72. The van der Waals surface area contributed by atoms with Crippen molar-refractivity contribution in [1.82, 2.24) is 9.88 Å². The Kier molecular flexibility index (Phi) is 3.37. The third-order valence-electron chi connectivity index (χ3n) is 3.76. The van der Waals surface area contributed by atoms with Crippen LogP contribution in [0.4, 0.5) is 4.79 Å². The van der Waals surface area contributed by atoms with Crippen molar-refractivity contribution in [1.29, 1.82) is 0 Å². The smallest absolute Gasteiger partial charge is 0.410 e. The van der Waals surface area contributed by atoms with E-state index in [1.165, 1.54) is 0 Å². The molecule has 1 saturated heterocycles. The molecule has 0 radical (unpaired) electrons. The number of fused-ring (bicyclic) bond motifs is 2. The van der Waals surface area contributed by atoms with Crippen LogP contribution >= 0.6 is 11.6 Å². The highest BCUT2D eigenvalue weighted by atomic mass is 35.5. The zero-order valence-electron chi connectivity index (χ0n) is 12.5. The molecule has 1 amide bonds. The predicted molar refractivity (Wildman–Crippen MR) is 78.1 cm³/mol. The van der Waals surface area contributed by atoms with E-state index in [4.69, 9.17) is 21.1 Å². The van der Waals surface area contributed by atoms with Crippen LogP contribution in [0.1, 0.15) is 38.4 Å². The van der Waals surface area contributed by atoms with E-state index in [1.54, 1.807) is 11.0 Å². The summed E-state index contributed by atoms with van der Waals surface area (Å²) in [6, 6.07) is 3.71. The Morgan fingerprint density at radius 2 is 2.24 bits per heavy atom. The number of aromatic nitrogens is 1. The summed E-state index contributed by atoms with van der Waals surface area (Å²) in [4.78, 5) is 18.3. The molecule has 21 heavy (non-hydrogen) atoms. The number of carbonyl (C=O) groups is 1. The minimum absolute atomic E-state index is 0.307. The molecule has 0 aliphatic carbocycles. The molecule has 1 unspecified atom stereocenters. The number of rotatable bonds is 0. The number of pyridine rings is 1. The Morgan fingerprint density at radius 1 is 1.48 bits per heavy atom. The van der Waals surface area contributed by atoms with Crippen molar-refractivity contribution in [2.75, 3.05) is 13.1 Å². The second-order valence-corrected chi connectivity index (χ2v) is 6.96. The van der Waals surface area contributed by atoms with Crippen molar-refractivity contribution in [3.8, 4) is 0 Å². The lowest BCUT2D eigenvalue weighted by molar-refractivity contribution is -0.0347. The summed E-state index contributed by atoms with van der Waals surface area (Å²) in [5.74, 6) is 0. The van der Waals surface area contributed by atoms with Crippen molar-refractivity contribution < 1.29 is 14.3 Å². The number of halogens is 1. The second-order valence-electron chi connectivity index (χ2n) is 6.58. The van der Waals surface area contributed by atoms with Gasteiger partial charge in [-0.2, -0.15) is 0 Å². The lowest BCUT2D eigenvalue weighted by atomic mass is 9.97. The van der Waals surface area contributed by atoms with E-state index < -0.39 is 11.2 Å². The lowest BCUT2D eigenvalue weighted by Crippen LogP contribution is -2.38. The van der Waals surface area contributed by atoms with Crippen molar-refractivity contribution in [3.05, 3.63) is 28.5 Å². The number of likely N-dealkylation sites (tertiary alicyclic amines) is 1. The van der Waals surface area contributed by atoms with Crippen LogP contribution in [0, 0.1) is 0 Å². The molecule has 0 saturated carbocycles. The third-order valence-corrected chi connectivity index (χ3v) is 3.97. The minimum Gasteiger partial charge on any atom is -0.444 e. The van der Waals surface area contributed by atoms with Gasteiger partial charge in [0.15, 0.2) is 0 Å². The summed E-state index contributed by atoms with van der Waals surface area (Å²) < 4.78 is 11.4. The molecule has 6 heteroatoms. The van der Waals surface area contributed by atoms with Crippen LogP contribution in [-0.2, 0) is 21.7 Å². The van der Waals surface area contributed by atoms with Crippen molar-refractivity contribution in [2.45, 2.75) is 45.0 Å². The first kappa shape index (κ1) is 14.6. The average Bonchev–Trinajstić information content (AvgIpc) is 2.95. The summed E-state index contributed by atoms with van der Waals surface area (Å²) in [6.07, 6.45) is 0.408. The first-order valence-electron chi connectivity index (χ1n) is 7.07. The van der Waals surface area contributed by atoms with Crippen molar-refractivity contribution in [3.63, 3.8) is 0 Å². The van der Waals surface area contributed by atoms with Gasteiger partial charge in [-0.05, 0) is 26.8 Å². The van der Waals surface area contributed by atoms with Gasteiger partial charge in [0.1, 0.15) is 16.4 Å². The number of carbonyl (C=O) groups excluding carboxylic acids is 1. The van der Waals surface area contributed by atoms with Crippen LogP contribution in [0.25, 0.3) is 0 Å². The Labute approximate surface area is 129 Å². The quantitative estimate of drug-likeness (QED) is 0.691. The highest BCUT2D eigenvalue weighted by molar-refractivity contribution is 6.29. The molecule has 2 aliphatic rings. The molecule has 0 bridgehead atoms. The molecule has 0 N–H and O–H groups in total. The molecule has 1 fully saturated rings. The van der Waals surface area contributed by atoms with Gasteiger partial charge in [-0.3, -0.25) is 0 Å². The first-order valence-corrected chi connectivity index (χ1v) is 7.45. The summed E-state index contributed by atoms with van der Waals surface area (Å²) >= 11 is 6.00. The van der Waals surface area contributed by atoms with Crippen LogP contribution in [0.15, 0.2) is 12.1 Å². The summed E-state index contributed by atoms with van der Waals surface area (Å²) in [6.45, 7) is 7.16. The molecule has 3 heterocycles. The fraction of sp³-hybridized carbons (Fsp3) is 0.600. The van der Waals surface area contributed by atoms with Gasteiger partial charge in [0, 0.05) is 18.5 Å². The number of nitrogens with zero attached hydrogens (tertiary/aromatic N) is 2. The molecule has 1 atom stereocenters. The Bertz CT molecular complexity index is 585. The van der Waals surface area contributed by atoms with E-state index >= 15 is 0 Å². The van der Waals surface area contributed by atoms with Gasteiger partial charge in [-0.15, -0.1) is 0 Å². The fourth-order valence-corrected chi connectivity index (χ4v) is 2.98. The van der Waals surface area contributed by atoms with E-state index in [2.05, 4.69) is 4.98 Å². The molecule has 114 valence electrons. The Balaban J connectivity index is 1.79. The monoisotopic (exact) mass is 310 g/mol. The summed E-state index contributed by atoms with van der Waals surface area (Å²) in [5, 5.41) is 0.453. The molecular weight excluding hydrogens is 292 g/mol. The van der Waals surface area contributed by atoms with Crippen LogP contribution < -0.4 is 0 Å². The Hall–Kier alpha value is -1.33. The van der Waals surface area contributed by atoms with Gasteiger partial charge in [0.05, 0.1) is 18.8 Å². The molecule has 5 nitrogen and oxygen atoms in total. The summed E-state index contributed by atoms with van der Waals surface area (Å²) in [7, 11) is 0. The van der Waals surface area contributed by atoms with Crippen LogP contribution in [0.2, 0.25) is 5.15 Å². The van der Waals surface area contributed by atoms with E-state index in [-0.39, 0.29) is 6.09 Å². The minimum atomic E-state index is -0.531. The SMILES string of the molecule is CC(C)(C)OC(=O)N1CCC2(C1)OCc1ccc(Cl)nc12. The standard InChI is InChI=1S/C15H19ClN2O3/c1-14(2,3)21-13(19)18-7-6-15(9-18)12-10(8-20-15)4-5-11(16)17-12/h4-5H,6-9H2,1-3H3. The van der Waals surface area contributed by atoms with E-state index in [9.17, 15) is 4.79 Å². The molecule has 1 aromatic heterocycles. The van der Waals surface area contributed by atoms with Crippen molar-refractivity contribution in [2.24, 2.45) is 0 Å². The zero-order chi connectivity index (χ0) is 15.3. The summed E-state index contributed by atoms with van der Waals surface area (Å²) in [5.41, 5.74) is 0.881. The van der Waals surface area contributed by atoms with Gasteiger partial charge in [0.25, 0.3) is 0 Å². The van der Waals surface area contributed by atoms with E-state index in [0.717, 1.165) is 11.3 Å². The highest BCUT2D eigenvalue weighted by Gasteiger charge is 2.49. The Morgan fingerprint density at radius 3 is 2.95 bits per heavy atom. The molecule has 3 rings (SSSR count). The molecular formula is C15H19ClN2O3. The largest absolute Gasteiger partial charge is 0.444 e. The highest BCUT2D eigenvalue weighted by Crippen LogP contribution is 2.43. The van der Waals surface area contributed by atoms with Crippen LogP contribution in [-0.4, -0.2) is 34.7 Å². The maximum atomic E-state index is 12.2. The van der Waals surface area contributed by atoms with Gasteiger partial charge in [-0.25, -0.2) is 9.78 Å². The van der Waals surface area contributed by atoms with E-state index in [1.807, 2.05) is 26.8 Å². The van der Waals surface area contributed by atoms with E-state index in [0.29, 0.717) is 31.3 Å². The van der Waals surface area contributed by atoms with Gasteiger partial charge in [0.2, 0.25) is 0 Å². The maximum Gasteiger partial charge on any atom is 0.410 e. The lowest BCUT2D eigenvalue weighted by Gasteiger charge is -2.26. The van der Waals surface area contributed by atoms with Crippen molar-refractivity contribution >= 4 is 17.7 Å². The number of ether oxygens (including phenoxy) is 2. The average molecular weight is 311 g/mol. The fourth-order valence-electron chi connectivity index (χ4n) is 2.83. The molecule has 1 spiro atoms. The normalized spacial score (nSPS) is 24.5. The first-order chi connectivity index (χ1) is 9.79. The van der Waals surface area contributed by atoms with Gasteiger partial charge < -0.3 is 14.4 Å². The van der Waals surface area contributed by atoms with Gasteiger partial charge in [-0.1, -0.05) is 17.7 Å². The predicted octanol–water partition coefficient (Wildman–Crippen LogP) is 3.10. The van der Waals surface area contributed by atoms with Crippen LogP contribution in [0.3, 0.4) is 0 Å². The van der Waals surface area contributed by atoms with Gasteiger partial charge >= 0.3 is 6.09 Å². The number of hydrogen-bond donors (Lipinski definition) is 0. The maximum absolute atomic E-state index is 12.2. The van der Waals surface area contributed by atoms with Crippen LogP contribution in [0.5, 0.6) is 0 Å². The topological polar surface area (TPSA) is 51.7 Å².